The van der Waals surface area contributed by atoms with Crippen molar-refractivity contribution < 1.29 is 13.2 Å². The van der Waals surface area contributed by atoms with Gasteiger partial charge in [0.05, 0.1) is 11.0 Å². The van der Waals surface area contributed by atoms with Crippen molar-refractivity contribution in [1.82, 2.24) is 14.9 Å². The fraction of sp³-hybridized carbons (Fsp3) is 0.650. The van der Waals surface area contributed by atoms with Gasteiger partial charge in [-0.05, 0) is 49.3 Å². The molecule has 2 atom stereocenters. The zero-order chi connectivity index (χ0) is 20.0. The van der Waals surface area contributed by atoms with E-state index in [1.165, 1.54) is 12.8 Å². The molecule has 0 amide bonds. The third-order valence-corrected chi connectivity index (χ3v) is 6.82. The molecular weight excluding hydrogens is 376 g/mol. The van der Waals surface area contributed by atoms with Gasteiger partial charge < -0.3 is 15.0 Å². The van der Waals surface area contributed by atoms with Gasteiger partial charge in [-0.2, -0.15) is 0 Å². The molecule has 0 bridgehead atoms. The van der Waals surface area contributed by atoms with E-state index in [0.29, 0.717) is 25.6 Å². The Bertz CT molecular complexity index is 758. The molecule has 2 N–H and O–H groups in total. The Labute approximate surface area is 168 Å². The van der Waals surface area contributed by atoms with Crippen LogP contribution in [-0.4, -0.2) is 58.7 Å². The van der Waals surface area contributed by atoms with Crippen LogP contribution in [0.3, 0.4) is 0 Å². The summed E-state index contributed by atoms with van der Waals surface area (Å²) in [5, 5.41) is 3.39. The van der Waals surface area contributed by atoms with Crippen molar-refractivity contribution in [1.29, 1.82) is 0 Å². The lowest BCUT2D eigenvalue weighted by molar-refractivity contribution is 0.114. The molecule has 7 nitrogen and oxygen atoms in total. The average molecular weight is 409 g/mol. The van der Waals surface area contributed by atoms with Gasteiger partial charge in [-0.15, -0.1) is 0 Å². The van der Waals surface area contributed by atoms with Gasteiger partial charge in [-0.1, -0.05) is 19.1 Å². The SMILES string of the molecule is CN=C(NCc1ccc(S(=O)(=O)NCC2CCCO2)cc1)N1CCCC(C)C1. The van der Waals surface area contributed by atoms with E-state index in [9.17, 15) is 8.42 Å². The second-order valence-corrected chi connectivity index (χ2v) is 9.49. The van der Waals surface area contributed by atoms with E-state index in [1.54, 1.807) is 19.2 Å². The predicted octanol–water partition coefficient (Wildman–Crippen LogP) is 1.95. The summed E-state index contributed by atoms with van der Waals surface area (Å²) in [5.41, 5.74) is 1.02. The summed E-state index contributed by atoms with van der Waals surface area (Å²) in [6.45, 7) is 5.97. The number of aliphatic imine (C=N–C) groups is 1. The maximum Gasteiger partial charge on any atom is 0.240 e. The standard InChI is InChI=1S/C20H32N4O3S/c1-16-5-3-11-24(15-16)20(21-2)22-13-17-7-9-19(10-8-17)28(25,26)23-14-18-6-4-12-27-18/h7-10,16,18,23H,3-6,11-15H2,1-2H3,(H,21,22). The molecule has 1 aromatic rings. The lowest BCUT2D eigenvalue weighted by Gasteiger charge is -2.33. The molecule has 2 aliphatic rings. The highest BCUT2D eigenvalue weighted by Crippen LogP contribution is 2.16. The fourth-order valence-electron chi connectivity index (χ4n) is 3.77. The first-order valence-corrected chi connectivity index (χ1v) is 11.6. The van der Waals surface area contributed by atoms with Crippen molar-refractivity contribution in [3.05, 3.63) is 29.8 Å². The number of sulfonamides is 1. The van der Waals surface area contributed by atoms with Gasteiger partial charge in [0.1, 0.15) is 0 Å². The van der Waals surface area contributed by atoms with Crippen molar-refractivity contribution >= 4 is 16.0 Å². The van der Waals surface area contributed by atoms with Crippen molar-refractivity contribution in [2.24, 2.45) is 10.9 Å². The molecule has 0 aliphatic carbocycles. The molecule has 2 aliphatic heterocycles. The molecule has 3 rings (SSSR count). The first kappa shape index (κ1) is 21.1. The molecule has 28 heavy (non-hydrogen) atoms. The van der Waals surface area contributed by atoms with Crippen LogP contribution in [-0.2, 0) is 21.3 Å². The lowest BCUT2D eigenvalue weighted by atomic mass is 10.0. The molecule has 0 radical (unpaired) electrons. The Morgan fingerprint density at radius 3 is 2.68 bits per heavy atom. The summed E-state index contributed by atoms with van der Waals surface area (Å²) in [5.74, 6) is 1.58. The van der Waals surface area contributed by atoms with Crippen LogP contribution in [0.15, 0.2) is 34.2 Å². The summed E-state index contributed by atoms with van der Waals surface area (Å²) in [7, 11) is -1.70. The summed E-state index contributed by atoms with van der Waals surface area (Å²) in [6.07, 6.45) is 4.34. The summed E-state index contributed by atoms with van der Waals surface area (Å²) in [6, 6.07) is 7.00. The molecule has 0 spiro atoms. The number of hydrogen-bond donors (Lipinski definition) is 2. The van der Waals surface area contributed by atoms with Crippen molar-refractivity contribution in [2.75, 3.05) is 33.3 Å². The predicted molar refractivity (Wildman–Crippen MR) is 111 cm³/mol. The zero-order valence-electron chi connectivity index (χ0n) is 16.9. The van der Waals surface area contributed by atoms with Crippen molar-refractivity contribution in [3.8, 4) is 0 Å². The van der Waals surface area contributed by atoms with Gasteiger partial charge in [0.25, 0.3) is 0 Å². The third-order valence-electron chi connectivity index (χ3n) is 5.38. The van der Waals surface area contributed by atoms with Crippen LogP contribution in [0.1, 0.15) is 38.2 Å². The highest BCUT2D eigenvalue weighted by molar-refractivity contribution is 7.89. The number of hydrogen-bond acceptors (Lipinski definition) is 4. The molecule has 8 heteroatoms. The summed E-state index contributed by atoms with van der Waals surface area (Å²) >= 11 is 0. The van der Waals surface area contributed by atoms with Crippen LogP contribution in [0.25, 0.3) is 0 Å². The number of piperidine rings is 1. The molecule has 2 saturated heterocycles. The van der Waals surface area contributed by atoms with Crippen LogP contribution in [0.2, 0.25) is 0 Å². The van der Waals surface area contributed by atoms with Gasteiger partial charge in [0.2, 0.25) is 10.0 Å². The number of likely N-dealkylation sites (tertiary alicyclic amines) is 1. The van der Waals surface area contributed by atoms with E-state index in [0.717, 1.165) is 37.5 Å². The van der Waals surface area contributed by atoms with Gasteiger partial charge in [-0.3, -0.25) is 4.99 Å². The van der Waals surface area contributed by atoms with Crippen LogP contribution < -0.4 is 10.0 Å². The maximum absolute atomic E-state index is 12.4. The van der Waals surface area contributed by atoms with Crippen LogP contribution in [0.5, 0.6) is 0 Å². The highest BCUT2D eigenvalue weighted by Gasteiger charge is 2.21. The van der Waals surface area contributed by atoms with Crippen LogP contribution in [0.4, 0.5) is 0 Å². The Balaban J connectivity index is 1.53. The van der Waals surface area contributed by atoms with E-state index in [2.05, 4.69) is 26.9 Å². The number of nitrogens with one attached hydrogen (secondary N) is 2. The van der Waals surface area contributed by atoms with E-state index in [1.807, 2.05) is 12.1 Å². The minimum atomic E-state index is -3.51. The lowest BCUT2D eigenvalue weighted by Crippen LogP contribution is -2.45. The fourth-order valence-corrected chi connectivity index (χ4v) is 4.84. The Morgan fingerprint density at radius 1 is 1.25 bits per heavy atom. The minimum Gasteiger partial charge on any atom is -0.377 e. The molecule has 156 valence electrons. The normalized spacial score (nSPS) is 23.8. The van der Waals surface area contributed by atoms with Crippen molar-refractivity contribution in [2.45, 2.75) is 50.2 Å². The second kappa shape index (κ2) is 9.71. The Hall–Kier alpha value is -1.64. The number of benzene rings is 1. The third kappa shape index (κ3) is 5.68. The van der Waals surface area contributed by atoms with Crippen LogP contribution >= 0.6 is 0 Å². The summed E-state index contributed by atoms with van der Waals surface area (Å²) < 4.78 is 33.0. The quantitative estimate of drug-likeness (QED) is 0.555. The average Bonchev–Trinajstić information content (AvgIpc) is 3.21. The Morgan fingerprint density at radius 2 is 2.04 bits per heavy atom. The Kier molecular flexibility index (Phi) is 7.31. The van der Waals surface area contributed by atoms with Crippen LogP contribution in [0, 0.1) is 5.92 Å². The molecular formula is C20H32N4O3S. The molecule has 2 heterocycles. The first-order valence-electron chi connectivity index (χ1n) is 10.1. The van der Waals surface area contributed by atoms with Gasteiger partial charge in [-0.25, -0.2) is 13.1 Å². The van der Waals surface area contributed by atoms with Gasteiger partial charge >= 0.3 is 0 Å². The topological polar surface area (TPSA) is 83.0 Å². The largest absolute Gasteiger partial charge is 0.377 e. The van der Waals surface area contributed by atoms with Gasteiger partial charge in [0, 0.05) is 39.8 Å². The smallest absolute Gasteiger partial charge is 0.240 e. The molecule has 2 fully saturated rings. The molecule has 0 aromatic heterocycles. The zero-order valence-corrected chi connectivity index (χ0v) is 17.7. The van der Waals surface area contributed by atoms with Crippen molar-refractivity contribution in [3.63, 3.8) is 0 Å². The second-order valence-electron chi connectivity index (χ2n) is 7.73. The van der Waals surface area contributed by atoms with E-state index in [-0.39, 0.29) is 11.0 Å². The van der Waals surface area contributed by atoms with E-state index >= 15 is 0 Å². The highest BCUT2D eigenvalue weighted by atomic mass is 32.2. The number of ether oxygens (including phenoxy) is 1. The first-order chi connectivity index (χ1) is 13.5. The minimum absolute atomic E-state index is 0.0116. The maximum atomic E-state index is 12.4. The number of nitrogens with zero attached hydrogens (tertiary/aromatic N) is 2. The number of rotatable bonds is 6. The molecule has 1 aromatic carbocycles. The molecule has 2 unspecified atom stereocenters. The monoisotopic (exact) mass is 408 g/mol. The number of guanidine groups is 1. The molecule has 0 saturated carbocycles. The van der Waals surface area contributed by atoms with E-state index in [4.69, 9.17) is 4.74 Å². The van der Waals surface area contributed by atoms with Gasteiger partial charge in [0.15, 0.2) is 5.96 Å². The van der Waals surface area contributed by atoms with E-state index < -0.39 is 10.0 Å². The summed E-state index contributed by atoms with van der Waals surface area (Å²) in [4.78, 5) is 6.97.